The van der Waals surface area contributed by atoms with Crippen LogP contribution in [0.5, 0.6) is 0 Å². The maximum absolute atomic E-state index is 11.8. The monoisotopic (exact) mass is 246 g/mol. The number of urea groups is 1. The highest BCUT2D eigenvalue weighted by Gasteiger charge is 2.13. The predicted molar refractivity (Wildman–Crippen MR) is 64.0 cm³/mol. The Kier molecular flexibility index (Phi) is 8.13. The number of aliphatic carboxylic acids is 1. The van der Waals surface area contributed by atoms with E-state index in [0.29, 0.717) is 26.1 Å². The molecular weight excluding hydrogens is 224 g/mol. The number of rotatable bonds is 8. The molecule has 0 radical (unpaired) electrons. The van der Waals surface area contributed by atoms with Crippen LogP contribution in [-0.2, 0) is 9.53 Å². The Balaban J connectivity index is 3.81. The van der Waals surface area contributed by atoms with Gasteiger partial charge in [-0.3, -0.25) is 4.79 Å². The molecule has 0 aliphatic rings. The number of carboxylic acid groups (broad SMARTS) is 1. The van der Waals surface area contributed by atoms with Gasteiger partial charge in [0.2, 0.25) is 0 Å². The summed E-state index contributed by atoms with van der Waals surface area (Å²) in [4.78, 5) is 25.3. The summed E-state index contributed by atoms with van der Waals surface area (Å²) in [6.45, 7) is 1.72. The lowest BCUT2D eigenvalue weighted by atomic mass is 10.3. The molecule has 100 valence electrons. The molecule has 6 nitrogen and oxygen atoms in total. The zero-order valence-corrected chi connectivity index (χ0v) is 10.8. The Labute approximate surface area is 102 Å². The summed E-state index contributed by atoms with van der Waals surface area (Å²) in [5.41, 5.74) is 0. The number of carbonyl (C=O) groups is 2. The Bertz CT molecular complexity index is 246. The summed E-state index contributed by atoms with van der Waals surface area (Å²) >= 11 is 0. The molecule has 0 aromatic heterocycles. The molecule has 0 heterocycles. The van der Waals surface area contributed by atoms with Gasteiger partial charge in [0.15, 0.2) is 0 Å². The van der Waals surface area contributed by atoms with Gasteiger partial charge in [0.05, 0.1) is 0 Å². The largest absolute Gasteiger partial charge is 0.481 e. The lowest BCUT2D eigenvalue weighted by Gasteiger charge is -2.24. The molecule has 0 aromatic rings. The summed E-state index contributed by atoms with van der Waals surface area (Å²) in [6, 6.07) is -0.0912. The SMILES string of the molecule is COCCCN(C)C(=O)N(C)CCCC(=O)O. The maximum Gasteiger partial charge on any atom is 0.319 e. The van der Waals surface area contributed by atoms with E-state index in [9.17, 15) is 9.59 Å². The van der Waals surface area contributed by atoms with Crippen LogP contribution in [0.25, 0.3) is 0 Å². The van der Waals surface area contributed by atoms with Crippen LogP contribution in [-0.4, -0.2) is 67.8 Å². The summed E-state index contributed by atoms with van der Waals surface area (Å²) in [5, 5.41) is 8.49. The fourth-order valence-electron chi connectivity index (χ4n) is 1.40. The second-order valence-electron chi connectivity index (χ2n) is 3.97. The van der Waals surface area contributed by atoms with Crippen molar-refractivity contribution in [2.75, 3.05) is 40.9 Å². The number of hydrogen-bond acceptors (Lipinski definition) is 3. The van der Waals surface area contributed by atoms with E-state index in [2.05, 4.69) is 0 Å². The molecule has 2 amide bonds. The van der Waals surface area contributed by atoms with Gasteiger partial charge in [0.25, 0.3) is 0 Å². The molecule has 17 heavy (non-hydrogen) atoms. The summed E-state index contributed by atoms with van der Waals surface area (Å²) in [6.07, 6.45) is 1.36. The molecule has 0 bridgehead atoms. The first-order valence-electron chi connectivity index (χ1n) is 5.66. The van der Waals surface area contributed by atoms with Crippen molar-refractivity contribution in [3.63, 3.8) is 0 Å². The van der Waals surface area contributed by atoms with Gasteiger partial charge < -0.3 is 19.6 Å². The first-order chi connectivity index (χ1) is 7.99. The number of amides is 2. The molecule has 0 spiro atoms. The average Bonchev–Trinajstić information content (AvgIpc) is 2.27. The molecule has 0 rings (SSSR count). The van der Waals surface area contributed by atoms with E-state index in [1.54, 1.807) is 26.1 Å². The topological polar surface area (TPSA) is 70.1 Å². The number of methoxy groups -OCH3 is 1. The molecule has 0 aromatic carbocycles. The van der Waals surface area contributed by atoms with Crippen LogP contribution >= 0.6 is 0 Å². The van der Waals surface area contributed by atoms with Gasteiger partial charge in [0, 0.05) is 47.3 Å². The van der Waals surface area contributed by atoms with Crippen molar-refractivity contribution in [2.45, 2.75) is 19.3 Å². The zero-order valence-electron chi connectivity index (χ0n) is 10.8. The molecule has 0 atom stereocenters. The molecular formula is C11H22N2O4. The number of ether oxygens (including phenoxy) is 1. The Morgan fingerprint density at radius 3 is 2.12 bits per heavy atom. The van der Waals surface area contributed by atoms with Crippen molar-refractivity contribution in [1.82, 2.24) is 9.80 Å². The van der Waals surface area contributed by atoms with Gasteiger partial charge in [-0.1, -0.05) is 0 Å². The van der Waals surface area contributed by atoms with Crippen LogP contribution in [0.4, 0.5) is 4.79 Å². The predicted octanol–water partition coefficient (Wildman–Crippen LogP) is 0.871. The van der Waals surface area contributed by atoms with Crippen LogP contribution < -0.4 is 0 Å². The molecule has 0 fully saturated rings. The third-order valence-corrected chi connectivity index (χ3v) is 2.38. The third-order valence-electron chi connectivity index (χ3n) is 2.38. The minimum Gasteiger partial charge on any atom is -0.481 e. The number of carbonyl (C=O) groups excluding carboxylic acids is 1. The highest BCUT2D eigenvalue weighted by Crippen LogP contribution is 1.99. The van der Waals surface area contributed by atoms with Crippen LogP contribution in [0.1, 0.15) is 19.3 Å². The third kappa shape index (κ3) is 7.57. The van der Waals surface area contributed by atoms with E-state index in [1.807, 2.05) is 0 Å². The van der Waals surface area contributed by atoms with Gasteiger partial charge in [0.1, 0.15) is 0 Å². The molecule has 0 unspecified atom stereocenters. The smallest absolute Gasteiger partial charge is 0.319 e. The second-order valence-corrected chi connectivity index (χ2v) is 3.97. The highest BCUT2D eigenvalue weighted by atomic mass is 16.5. The maximum atomic E-state index is 11.8. The van der Waals surface area contributed by atoms with Crippen molar-refractivity contribution < 1.29 is 19.4 Å². The van der Waals surface area contributed by atoms with E-state index >= 15 is 0 Å². The van der Waals surface area contributed by atoms with E-state index in [4.69, 9.17) is 9.84 Å². The summed E-state index contributed by atoms with van der Waals surface area (Å²) in [5.74, 6) is -0.834. The van der Waals surface area contributed by atoms with E-state index < -0.39 is 5.97 Å². The van der Waals surface area contributed by atoms with Gasteiger partial charge >= 0.3 is 12.0 Å². The van der Waals surface area contributed by atoms with Gasteiger partial charge in [-0.2, -0.15) is 0 Å². The summed E-state index contributed by atoms with van der Waals surface area (Å²) < 4.78 is 4.91. The first-order valence-corrected chi connectivity index (χ1v) is 5.66. The van der Waals surface area contributed by atoms with Crippen molar-refractivity contribution in [3.8, 4) is 0 Å². The van der Waals surface area contributed by atoms with Gasteiger partial charge in [-0.25, -0.2) is 4.79 Å². The van der Waals surface area contributed by atoms with E-state index in [-0.39, 0.29) is 12.5 Å². The van der Waals surface area contributed by atoms with Crippen LogP contribution in [0.15, 0.2) is 0 Å². The Morgan fingerprint density at radius 1 is 1.12 bits per heavy atom. The van der Waals surface area contributed by atoms with Crippen molar-refractivity contribution in [2.24, 2.45) is 0 Å². The van der Waals surface area contributed by atoms with Crippen molar-refractivity contribution in [1.29, 1.82) is 0 Å². The quantitative estimate of drug-likeness (QED) is 0.645. The fraction of sp³-hybridized carbons (Fsp3) is 0.818. The lowest BCUT2D eigenvalue weighted by Crippen LogP contribution is -2.40. The fourth-order valence-corrected chi connectivity index (χ4v) is 1.40. The Hall–Kier alpha value is -1.30. The zero-order chi connectivity index (χ0) is 13.3. The standard InChI is InChI=1S/C11H22N2O4/c1-12(7-4-6-10(14)15)11(16)13(2)8-5-9-17-3/h4-9H2,1-3H3,(H,14,15). The molecule has 0 aliphatic carbocycles. The minimum atomic E-state index is -0.834. The molecule has 1 N–H and O–H groups in total. The average molecular weight is 246 g/mol. The van der Waals surface area contributed by atoms with Gasteiger partial charge in [-0.15, -0.1) is 0 Å². The first kappa shape index (κ1) is 15.7. The second kappa shape index (κ2) is 8.81. The van der Waals surface area contributed by atoms with Crippen molar-refractivity contribution in [3.05, 3.63) is 0 Å². The van der Waals surface area contributed by atoms with Crippen LogP contribution in [0.2, 0.25) is 0 Å². The van der Waals surface area contributed by atoms with E-state index in [1.165, 1.54) is 4.90 Å². The van der Waals surface area contributed by atoms with Crippen molar-refractivity contribution >= 4 is 12.0 Å². The summed E-state index contributed by atoms with van der Waals surface area (Å²) in [7, 11) is 5.03. The number of hydrogen-bond donors (Lipinski definition) is 1. The minimum absolute atomic E-state index is 0.0883. The number of carboxylic acids is 1. The van der Waals surface area contributed by atoms with E-state index in [0.717, 1.165) is 6.42 Å². The van der Waals surface area contributed by atoms with Crippen LogP contribution in [0, 0.1) is 0 Å². The molecule has 0 saturated heterocycles. The Morgan fingerprint density at radius 2 is 1.65 bits per heavy atom. The lowest BCUT2D eigenvalue weighted by molar-refractivity contribution is -0.137. The van der Waals surface area contributed by atoms with Gasteiger partial charge in [-0.05, 0) is 12.8 Å². The highest BCUT2D eigenvalue weighted by molar-refractivity contribution is 5.73. The molecule has 0 aliphatic heterocycles. The molecule has 6 heteroatoms. The number of nitrogens with zero attached hydrogens (tertiary/aromatic N) is 2. The molecule has 0 saturated carbocycles. The normalized spacial score (nSPS) is 10.1. The van der Waals surface area contributed by atoms with Crippen LogP contribution in [0.3, 0.4) is 0 Å².